The predicted octanol–water partition coefficient (Wildman–Crippen LogP) is 3.03. The second-order valence-electron chi connectivity index (χ2n) is 4.55. The molecule has 1 aromatic rings. The molecule has 1 aliphatic carbocycles. The highest BCUT2D eigenvalue weighted by Gasteiger charge is 2.21. The zero-order valence-corrected chi connectivity index (χ0v) is 11.1. The van der Waals surface area contributed by atoms with Crippen molar-refractivity contribution in [3.05, 3.63) is 29.3 Å². The molecule has 1 fully saturated rings. The fourth-order valence-corrected chi connectivity index (χ4v) is 2.42. The van der Waals surface area contributed by atoms with Gasteiger partial charge in [-0.2, -0.15) is 0 Å². The van der Waals surface area contributed by atoms with E-state index in [1.807, 2.05) is 18.2 Å². The highest BCUT2D eigenvalue weighted by atomic mass is 35.5. The van der Waals surface area contributed by atoms with Gasteiger partial charge in [-0.15, -0.1) is 0 Å². The minimum Gasteiger partial charge on any atom is -0.490 e. The summed E-state index contributed by atoms with van der Waals surface area (Å²) in [5.74, 6) is 1.04. The summed E-state index contributed by atoms with van der Waals surface area (Å²) in [5.41, 5.74) is 0. The lowest BCUT2D eigenvalue weighted by molar-refractivity contribution is -0.124. The maximum atomic E-state index is 11.7. The Kier molecular flexibility index (Phi) is 4.88. The van der Waals surface area contributed by atoms with Crippen LogP contribution in [-0.2, 0) is 4.79 Å². The van der Waals surface area contributed by atoms with E-state index in [2.05, 4.69) is 5.32 Å². The summed E-state index contributed by atoms with van der Waals surface area (Å²) in [6.45, 7) is 0.975. The third-order valence-corrected chi connectivity index (χ3v) is 3.53. The first-order valence-corrected chi connectivity index (χ1v) is 6.80. The number of carbonyl (C=O) groups is 1. The van der Waals surface area contributed by atoms with Crippen LogP contribution in [0.4, 0.5) is 0 Å². The number of para-hydroxylation sites is 1. The van der Waals surface area contributed by atoms with E-state index < -0.39 is 0 Å². The van der Waals surface area contributed by atoms with Crippen LogP contribution < -0.4 is 10.1 Å². The fourth-order valence-electron chi connectivity index (χ4n) is 2.23. The molecule has 0 atom stereocenters. The van der Waals surface area contributed by atoms with Gasteiger partial charge in [0.2, 0.25) is 5.91 Å². The molecule has 0 aromatic heterocycles. The monoisotopic (exact) mass is 267 g/mol. The van der Waals surface area contributed by atoms with E-state index in [9.17, 15) is 4.79 Å². The van der Waals surface area contributed by atoms with Gasteiger partial charge in [0.15, 0.2) is 0 Å². The van der Waals surface area contributed by atoms with E-state index >= 15 is 0 Å². The number of amides is 1. The van der Waals surface area contributed by atoms with E-state index in [0.29, 0.717) is 23.9 Å². The summed E-state index contributed by atoms with van der Waals surface area (Å²) in [6, 6.07) is 7.34. The minimum atomic E-state index is 0.162. The van der Waals surface area contributed by atoms with E-state index in [1.165, 1.54) is 12.8 Å². The number of halogens is 1. The molecule has 4 heteroatoms. The van der Waals surface area contributed by atoms with Gasteiger partial charge in [0.1, 0.15) is 12.4 Å². The molecular weight excluding hydrogens is 250 g/mol. The molecule has 0 radical (unpaired) electrons. The Morgan fingerprint density at radius 2 is 2.06 bits per heavy atom. The van der Waals surface area contributed by atoms with Gasteiger partial charge in [0, 0.05) is 5.92 Å². The summed E-state index contributed by atoms with van der Waals surface area (Å²) in [4.78, 5) is 11.7. The predicted molar refractivity (Wildman–Crippen MR) is 71.9 cm³/mol. The summed E-state index contributed by atoms with van der Waals surface area (Å²) in [5, 5.41) is 3.50. The molecule has 3 nitrogen and oxygen atoms in total. The molecule has 0 heterocycles. The summed E-state index contributed by atoms with van der Waals surface area (Å²) >= 11 is 5.96. The van der Waals surface area contributed by atoms with Crippen LogP contribution in [0.2, 0.25) is 5.02 Å². The topological polar surface area (TPSA) is 38.3 Å². The van der Waals surface area contributed by atoms with Gasteiger partial charge < -0.3 is 10.1 Å². The van der Waals surface area contributed by atoms with Crippen molar-refractivity contribution < 1.29 is 9.53 Å². The fraction of sp³-hybridized carbons (Fsp3) is 0.500. The SMILES string of the molecule is O=C(NCCOc1ccccc1Cl)C1CCCC1. The first-order chi connectivity index (χ1) is 8.77. The largest absolute Gasteiger partial charge is 0.490 e. The normalized spacial score (nSPS) is 15.6. The second-order valence-corrected chi connectivity index (χ2v) is 4.96. The summed E-state index contributed by atoms with van der Waals surface area (Å²) in [7, 11) is 0. The quantitative estimate of drug-likeness (QED) is 0.833. The molecule has 18 heavy (non-hydrogen) atoms. The molecule has 2 rings (SSSR count). The van der Waals surface area contributed by atoms with Crippen molar-refractivity contribution in [1.82, 2.24) is 5.32 Å². The minimum absolute atomic E-state index is 0.162. The number of benzene rings is 1. The molecule has 0 unspecified atom stereocenters. The van der Waals surface area contributed by atoms with Crippen molar-refractivity contribution in [3.63, 3.8) is 0 Å². The smallest absolute Gasteiger partial charge is 0.223 e. The van der Waals surface area contributed by atoms with Gasteiger partial charge in [-0.1, -0.05) is 36.6 Å². The van der Waals surface area contributed by atoms with E-state index in [1.54, 1.807) is 6.07 Å². The van der Waals surface area contributed by atoms with Gasteiger partial charge in [-0.3, -0.25) is 4.79 Å². The highest BCUT2D eigenvalue weighted by Crippen LogP contribution is 2.24. The van der Waals surface area contributed by atoms with Crippen LogP contribution in [0.3, 0.4) is 0 Å². The number of nitrogens with one attached hydrogen (secondary N) is 1. The van der Waals surface area contributed by atoms with Crippen LogP contribution >= 0.6 is 11.6 Å². The summed E-state index contributed by atoms with van der Waals surface area (Å²) < 4.78 is 5.50. The van der Waals surface area contributed by atoms with Gasteiger partial charge in [-0.05, 0) is 25.0 Å². The van der Waals surface area contributed by atoms with E-state index in [-0.39, 0.29) is 11.8 Å². The molecule has 0 saturated heterocycles. The third kappa shape index (κ3) is 3.64. The third-order valence-electron chi connectivity index (χ3n) is 3.22. The molecule has 1 saturated carbocycles. The first-order valence-electron chi connectivity index (χ1n) is 6.42. The Morgan fingerprint density at radius 1 is 1.33 bits per heavy atom. The highest BCUT2D eigenvalue weighted by molar-refractivity contribution is 6.32. The number of rotatable bonds is 5. The molecule has 1 N–H and O–H groups in total. The van der Waals surface area contributed by atoms with Crippen molar-refractivity contribution in [2.75, 3.05) is 13.2 Å². The molecule has 98 valence electrons. The number of hydrogen-bond acceptors (Lipinski definition) is 2. The molecule has 1 aromatic carbocycles. The molecule has 0 aliphatic heterocycles. The lowest BCUT2D eigenvalue weighted by Gasteiger charge is -2.11. The van der Waals surface area contributed by atoms with Crippen LogP contribution in [0, 0.1) is 5.92 Å². The van der Waals surface area contributed by atoms with Gasteiger partial charge >= 0.3 is 0 Å². The average molecular weight is 268 g/mol. The zero-order valence-electron chi connectivity index (χ0n) is 10.3. The standard InChI is InChI=1S/C14H18ClNO2/c15-12-7-3-4-8-13(12)18-10-9-16-14(17)11-5-1-2-6-11/h3-4,7-8,11H,1-2,5-6,9-10H2,(H,16,17). The molecular formula is C14H18ClNO2. The second kappa shape index (κ2) is 6.64. The molecule has 1 amide bonds. The Bertz CT molecular complexity index is 403. The van der Waals surface area contributed by atoms with Crippen LogP contribution in [0.5, 0.6) is 5.75 Å². The van der Waals surface area contributed by atoms with Crippen molar-refractivity contribution in [3.8, 4) is 5.75 Å². The Labute approximate surface area is 112 Å². The van der Waals surface area contributed by atoms with Crippen LogP contribution in [0.25, 0.3) is 0 Å². The van der Waals surface area contributed by atoms with Crippen molar-refractivity contribution in [1.29, 1.82) is 0 Å². The average Bonchev–Trinajstić information content (AvgIpc) is 2.90. The maximum absolute atomic E-state index is 11.7. The van der Waals surface area contributed by atoms with Gasteiger partial charge in [0.05, 0.1) is 11.6 Å². The van der Waals surface area contributed by atoms with Crippen molar-refractivity contribution >= 4 is 17.5 Å². The van der Waals surface area contributed by atoms with Crippen LogP contribution in [0.15, 0.2) is 24.3 Å². The van der Waals surface area contributed by atoms with E-state index in [0.717, 1.165) is 12.8 Å². The van der Waals surface area contributed by atoms with Crippen molar-refractivity contribution in [2.45, 2.75) is 25.7 Å². The zero-order chi connectivity index (χ0) is 12.8. The Hall–Kier alpha value is -1.22. The lowest BCUT2D eigenvalue weighted by atomic mass is 10.1. The number of hydrogen-bond donors (Lipinski definition) is 1. The first kappa shape index (κ1) is 13.2. The van der Waals surface area contributed by atoms with E-state index in [4.69, 9.17) is 16.3 Å². The van der Waals surface area contributed by atoms with Crippen molar-refractivity contribution in [2.24, 2.45) is 5.92 Å². The van der Waals surface area contributed by atoms with Crippen LogP contribution in [-0.4, -0.2) is 19.1 Å². The van der Waals surface area contributed by atoms with Gasteiger partial charge in [0.25, 0.3) is 0 Å². The van der Waals surface area contributed by atoms with Crippen LogP contribution in [0.1, 0.15) is 25.7 Å². The number of ether oxygens (including phenoxy) is 1. The molecule has 0 spiro atoms. The Balaban J connectivity index is 1.67. The number of carbonyl (C=O) groups excluding carboxylic acids is 1. The maximum Gasteiger partial charge on any atom is 0.223 e. The summed E-state index contributed by atoms with van der Waals surface area (Å²) in [6.07, 6.45) is 4.40. The lowest BCUT2D eigenvalue weighted by Crippen LogP contribution is -2.32. The molecule has 1 aliphatic rings. The Morgan fingerprint density at radius 3 is 2.78 bits per heavy atom. The molecule has 0 bridgehead atoms. The van der Waals surface area contributed by atoms with Gasteiger partial charge in [-0.25, -0.2) is 0 Å².